The van der Waals surface area contributed by atoms with Gasteiger partial charge in [-0.1, -0.05) is 18.2 Å². The number of carbonyl (C=O) groups is 2. The molecular formula is C11H13NO4. The fourth-order valence-corrected chi connectivity index (χ4v) is 2.21. The number of nitrogens with one attached hydrogen (secondary N) is 1. The molecule has 16 heavy (non-hydrogen) atoms. The van der Waals surface area contributed by atoms with Crippen LogP contribution in [0, 0.1) is 11.8 Å². The summed E-state index contributed by atoms with van der Waals surface area (Å²) in [7, 11) is 0. The van der Waals surface area contributed by atoms with Gasteiger partial charge in [0, 0.05) is 6.54 Å². The number of carboxylic acids is 1. The molecule has 2 aliphatic rings. The van der Waals surface area contributed by atoms with Crippen molar-refractivity contribution < 1.29 is 19.4 Å². The van der Waals surface area contributed by atoms with E-state index >= 15 is 0 Å². The second-order valence-electron chi connectivity index (χ2n) is 3.87. The quantitative estimate of drug-likeness (QED) is 0.655. The van der Waals surface area contributed by atoms with Gasteiger partial charge < -0.3 is 15.2 Å². The van der Waals surface area contributed by atoms with E-state index < -0.39 is 30.0 Å². The molecule has 2 aliphatic heterocycles. The molecule has 1 amide bonds. The summed E-state index contributed by atoms with van der Waals surface area (Å²) in [6, 6.07) is 0. The van der Waals surface area contributed by atoms with Gasteiger partial charge in [0.15, 0.2) is 0 Å². The third-order valence-corrected chi connectivity index (χ3v) is 2.91. The predicted molar refractivity (Wildman–Crippen MR) is 55.6 cm³/mol. The van der Waals surface area contributed by atoms with Crippen molar-refractivity contribution in [2.75, 3.05) is 6.54 Å². The molecule has 0 aliphatic carbocycles. The molecule has 0 radical (unpaired) electrons. The Bertz CT molecular complexity index is 363. The average molecular weight is 223 g/mol. The number of fused-ring (bicyclic) bond motifs is 2. The Hall–Kier alpha value is -1.62. The maximum absolute atomic E-state index is 11.8. The lowest BCUT2D eigenvalue weighted by Crippen LogP contribution is -2.42. The lowest BCUT2D eigenvalue weighted by atomic mass is 9.82. The van der Waals surface area contributed by atoms with Crippen LogP contribution < -0.4 is 5.32 Å². The van der Waals surface area contributed by atoms with E-state index in [4.69, 9.17) is 9.84 Å². The van der Waals surface area contributed by atoms with Crippen molar-refractivity contribution in [2.24, 2.45) is 11.8 Å². The molecule has 4 atom stereocenters. The second kappa shape index (κ2) is 4.09. The highest BCUT2D eigenvalue weighted by molar-refractivity contribution is 5.87. The van der Waals surface area contributed by atoms with E-state index in [0.717, 1.165) is 0 Å². The molecule has 2 N–H and O–H groups in total. The van der Waals surface area contributed by atoms with Crippen molar-refractivity contribution >= 4 is 11.9 Å². The van der Waals surface area contributed by atoms with E-state index in [9.17, 15) is 9.59 Å². The third kappa shape index (κ3) is 1.63. The maximum Gasteiger partial charge on any atom is 0.310 e. The smallest absolute Gasteiger partial charge is 0.310 e. The average Bonchev–Trinajstić information content (AvgIpc) is 2.84. The summed E-state index contributed by atoms with van der Waals surface area (Å²) in [6.07, 6.45) is 4.14. The van der Waals surface area contributed by atoms with Crippen LogP contribution in [0.4, 0.5) is 0 Å². The van der Waals surface area contributed by atoms with Crippen molar-refractivity contribution in [3.63, 3.8) is 0 Å². The number of carboxylic acid groups (broad SMARTS) is 1. The van der Waals surface area contributed by atoms with Crippen molar-refractivity contribution in [1.29, 1.82) is 0 Å². The summed E-state index contributed by atoms with van der Waals surface area (Å²) in [6.45, 7) is 3.82. The second-order valence-corrected chi connectivity index (χ2v) is 3.87. The van der Waals surface area contributed by atoms with E-state index in [1.54, 1.807) is 18.2 Å². The fraction of sp³-hybridized carbons (Fsp3) is 0.455. The molecule has 1 saturated heterocycles. The Morgan fingerprint density at radius 1 is 1.38 bits per heavy atom. The first kappa shape index (κ1) is 10.9. The van der Waals surface area contributed by atoms with Crippen LogP contribution in [-0.2, 0) is 14.3 Å². The minimum absolute atomic E-state index is 0.288. The predicted octanol–water partition coefficient (Wildman–Crippen LogP) is -0.0572. The first-order valence-corrected chi connectivity index (χ1v) is 5.10. The molecule has 1 fully saturated rings. The van der Waals surface area contributed by atoms with Crippen LogP contribution >= 0.6 is 0 Å². The number of rotatable bonds is 4. The molecule has 2 rings (SSSR count). The van der Waals surface area contributed by atoms with E-state index in [-0.39, 0.29) is 5.91 Å². The molecule has 5 nitrogen and oxygen atoms in total. The standard InChI is InChI=1S/C11H13NO4/c1-2-5-12-10(13)8-6-3-4-7(16-6)9(8)11(14)15/h2-4,6-9H,1,5H2,(H,12,13)(H,14,15)/t6-,7-,8+,9-/m0/s1. The van der Waals surface area contributed by atoms with Gasteiger partial charge in [-0.05, 0) is 0 Å². The zero-order valence-electron chi connectivity index (χ0n) is 8.63. The minimum atomic E-state index is -0.990. The highest BCUT2D eigenvalue weighted by atomic mass is 16.5. The summed E-state index contributed by atoms with van der Waals surface area (Å²) < 4.78 is 5.38. The van der Waals surface area contributed by atoms with Crippen molar-refractivity contribution in [1.82, 2.24) is 5.32 Å². The van der Waals surface area contributed by atoms with Crippen LogP contribution in [0.5, 0.6) is 0 Å². The summed E-state index contributed by atoms with van der Waals surface area (Å²) in [5.41, 5.74) is 0. The van der Waals surface area contributed by atoms with Crippen molar-refractivity contribution in [2.45, 2.75) is 12.2 Å². The Kier molecular flexibility index (Phi) is 2.78. The molecule has 2 heterocycles. The largest absolute Gasteiger partial charge is 0.481 e. The van der Waals surface area contributed by atoms with Crippen LogP contribution in [0.3, 0.4) is 0 Å². The number of aliphatic carboxylic acids is 1. The molecule has 0 aromatic heterocycles. The summed E-state index contributed by atoms with van der Waals surface area (Å²) >= 11 is 0. The van der Waals surface area contributed by atoms with E-state index in [1.807, 2.05) is 0 Å². The lowest BCUT2D eigenvalue weighted by molar-refractivity contribution is -0.146. The third-order valence-electron chi connectivity index (χ3n) is 2.91. The SMILES string of the molecule is C=CCNC(=O)[C@H]1[C@@H](C(=O)O)[C@@H]2C=C[C@@H]1O2. The van der Waals surface area contributed by atoms with Crippen LogP contribution in [0.15, 0.2) is 24.8 Å². The maximum atomic E-state index is 11.8. The highest BCUT2D eigenvalue weighted by Crippen LogP contribution is 2.39. The van der Waals surface area contributed by atoms with Gasteiger partial charge in [0.2, 0.25) is 5.91 Å². The highest BCUT2D eigenvalue weighted by Gasteiger charge is 2.52. The van der Waals surface area contributed by atoms with Gasteiger partial charge in [-0.2, -0.15) is 0 Å². The van der Waals surface area contributed by atoms with Gasteiger partial charge in [0.1, 0.15) is 5.92 Å². The molecule has 0 spiro atoms. The Morgan fingerprint density at radius 2 is 2.00 bits per heavy atom. The van der Waals surface area contributed by atoms with Gasteiger partial charge in [0.25, 0.3) is 0 Å². The van der Waals surface area contributed by atoms with Crippen molar-refractivity contribution in [3.8, 4) is 0 Å². The number of amides is 1. The molecule has 86 valence electrons. The first-order valence-electron chi connectivity index (χ1n) is 5.10. The van der Waals surface area contributed by atoms with E-state index in [1.165, 1.54) is 0 Å². The minimum Gasteiger partial charge on any atom is -0.481 e. The lowest BCUT2D eigenvalue weighted by Gasteiger charge is -2.20. The summed E-state index contributed by atoms with van der Waals surface area (Å²) in [4.78, 5) is 22.8. The van der Waals surface area contributed by atoms with Gasteiger partial charge in [-0.25, -0.2) is 0 Å². The number of carbonyl (C=O) groups excluding carboxylic acids is 1. The van der Waals surface area contributed by atoms with Crippen LogP contribution in [0.2, 0.25) is 0 Å². The molecule has 2 bridgehead atoms. The molecular weight excluding hydrogens is 210 g/mol. The Morgan fingerprint density at radius 3 is 2.56 bits per heavy atom. The normalized spacial score (nSPS) is 35.0. The van der Waals surface area contributed by atoms with Crippen molar-refractivity contribution in [3.05, 3.63) is 24.8 Å². The Labute approximate surface area is 92.8 Å². The van der Waals surface area contributed by atoms with Crippen LogP contribution in [-0.4, -0.2) is 35.7 Å². The first-order chi connectivity index (χ1) is 7.65. The van der Waals surface area contributed by atoms with Crippen LogP contribution in [0.25, 0.3) is 0 Å². The van der Waals surface area contributed by atoms with Gasteiger partial charge in [-0.3, -0.25) is 9.59 Å². The van der Waals surface area contributed by atoms with Crippen LogP contribution in [0.1, 0.15) is 0 Å². The summed E-state index contributed by atoms with van der Waals surface area (Å²) in [5, 5.41) is 11.7. The molecule has 0 aromatic rings. The topological polar surface area (TPSA) is 75.6 Å². The number of hydrogen-bond acceptors (Lipinski definition) is 3. The summed E-state index contributed by atoms with van der Waals surface area (Å²) in [5.74, 6) is -2.69. The molecule has 0 aromatic carbocycles. The van der Waals surface area contributed by atoms with Gasteiger partial charge >= 0.3 is 5.97 Å². The van der Waals surface area contributed by atoms with Gasteiger partial charge in [0.05, 0.1) is 18.1 Å². The number of ether oxygens (including phenoxy) is 1. The van der Waals surface area contributed by atoms with E-state index in [2.05, 4.69) is 11.9 Å². The number of hydrogen-bond donors (Lipinski definition) is 2. The molecule has 0 saturated carbocycles. The van der Waals surface area contributed by atoms with Gasteiger partial charge in [-0.15, -0.1) is 6.58 Å². The zero-order valence-corrected chi connectivity index (χ0v) is 8.63. The molecule has 5 heteroatoms. The van der Waals surface area contributed by atoms with E-state index in [0.29, 0.717) is 6.54 Å². The fourth-order valence-electron chi connectivity index (χ4n) is 2.21. The Balaban J connectivity index is 2.13. The molecule has 0 unspecified atom stereocenters. The zero-order chi connectivity index (χ0) is 11.7. The monoisotopic (exact) mass is 223 g/mol.